The van der Waals surface area contributed by atoms with E-state index in [0.717, 1.165) is 72.8 Å². The van der Waals surface area contributed by atoms with E-state index in [9.17, 15) is 84.8 Å². The van der Waals surface area contributed by atoms with Crippen LogP contribution in [0.4, 0.5) is 13.2 Å². The predicted molar refractivity (Wildman–Crippen MR) is 363 cm³/mol. The van der Waals surface area contributed by atoms with Crippen molar-refractivity contribution < 1.29 is 157 Å². The number of carbonyl (C=O) groups is 9. The van der Waals surface area contributed by atoms with Crippen molar-refractivity contribution in [1.29, 1.82) is 0 Å². The molecule has 11 bridgehead atoms. The standard InChI is InChI=1S/C66H75Cl2N9O24.C2HF3O2/c1-23(2)12-34(71-5)58(88)76-49-51(83)26-7-10-38(32(67)14-26)97-40-16-28-17-41(55(40)101-65-56(54(86)53(85)42(22-78)99-65)100-44-21-66(4,70)57(87)24(3)96-44)98-39-11-8-27(15-33(39)68)52(84)50-63(93)75-48(64(94)95)31-18-29(79)19-37(81)45(31)30-13-25(6-9-36(30)80)46(60(90)77-50)74-61(91)47(28)73-59(89)35(20-43(69)82)72-62(49)92;3-2(4,5)1(6)7/h6-11,13-19,23-24,34-35,42,44,46-54,56-57,65,71,78-81,83-87H,12,20-22,70H2,1-5H3,(H2,69,82)(H,72,92)(H,73,89)(H,74,91)(H,75,93)(H,76,88)(H,77,90)(H,94,95);(H,6,7)/t24-,34?,35-,42+,44-,46+,47+,48-,49+,50-,51+,52+,53+,54-,56+,57+,65-,66-;/m0./s1/i1D2,2D3,5D3,12D2,23D,34D;/t23?,24-,34?,35-,42+,44-,46+,47+,48-,49+,50-,51+,52+,53+,54-,56+,57+,65-,66-;. The first-order chi connectivity index (χ1) is 55.4. The highest BCUT2D eigenvalue weighted by Crippen LogP contribution is 2.50. The first-order valence-electron chi connectivity index (χ1n) is 37.8. The Labute approximate surface area is 636 Å². The molecule has 0 aromatic heterocycles. The van der Waals surface area contributed by atoms with E-state index in [4.69, 9.17) is 88.1 Å². The molecule has 2 fully saturated rings. The molecular formula is C68H76Cl2F3N9O26. The summed E-state index contributed by atoms with van der Waals surface area (Å²) in [6.07, 6.45) is -30.4. The molecule has 35 nitrogen and oxygen atoms in total. The highest BCUT2D eigenvalue weighted by atomic mass is 35.5. The molecule has 2 unspecified atom stereocenters. The second-order valence-corrected chi connectivity index (χ2v) is 25.9. The molecular weight excluding hydrogens is 1490 g/mol. The summed E-state index contributed by atoms with van der Waals surface area (Å²) in [6.45, 7) is -9.46. The Morgan fingerprint density at radius 2 is 1.36 bits per heavy atom. The zero-order valence-corrected chi connectivity index (χ0v) is 57.0. The molecule has 19 atom stereocenters. The second-order valence-electron chi connectivity index (χ2n) is 25.0. The number of hydrogen-bond donors (Lipinski definition) is 20. The number of aromatic hydroxyl groups is 3. The van der Waals surface area contributed by atoms with Gasteiger partial charge in [0, 0.05) is 49.8 Å². The first-order valence-corrected chi connectivity index (χ1v) is 32.4. The number of halogens is 5. The second kappa shape index (κ2) is 33.3. The van der Waals surface area contributed by atoms with Crippen LogP contribution < -0.4 is 62.9 Å². The van der Waals surface area contributed by atoms with Gasteiger partial charge in [-0.25, -0.2) is 9.59 Å². The van der Waals surface area contributed by atoms with Gasteiger partial charge in [-0.05, 0) is 110 Å². The maximum absolute atomic E-state index is 16.1. The Morgan fingerprint density at radius 3 is 1.93 bits per heavy atom. The number of carboxylic acid groups (broad SMARTS) is 2. The van der Waals surface area contributed by atoms with Crippen molar-refractivity contribution in [3.8, 4) is 57.1 Å². The molecule has 7 amide bonds. The fraction of sp³-hybridized carbons (Fsp3) is 0.426. The lowest BCUT2D eigenvalue weighted by molar-refractivity contribution is -0.333. The number of rotatable bonds is 13. The minimum atomic E-state index is -5.08. The number of phenols is 3. The fourth-order valence-corrected chi connectivity index (χ4v) is 12.4. The Morgan fingerprint density at radius 1 is 0.759 bits per heavy atom. The van der Waals surface area contributed by atoms with Gasteiger partial charge in [0.2, 0.25) is 53.4 Å². The van der Waals surface area contributed by atoms with Crippen LogP contribution in [-0.4, -0.2) is 208 Å². The SMILES string of the molecule is O=C(O)C(F)(F)F.[2H]C([2H])C([2H])(C([2H])([2H])[2H])C([2H])([2H])C([2H])(NC([2H])([2H])[2H])C(=O)N[C@H]1C(=O)N[C@@H](CC(N)=O)C(=O)N[C@H]2C(=O)N[C@H]3C(=O)N[C@H](C(=O)N[C@H](C(=O)O)c4cc(O)cc(O)c4-c4cc3ccc4O)[C@H](O)c3ccc(c(Cl)c3)Oc3cc2cc(c3O[C@@H]2O[C@H](CO)[C@@H](O)[C@H](O)[C@H]2O[C@H]2C[C@](C)(N)[C@H](O)[C@H](C)O2)Oc2ccc(cc2Cl)[C@H]1O. The molecule has 12 rings (SSSR count). The summed E-state index contributed by atoms with van der Waals surface area (Å²) in [5.74, 6) is -27.3. The topological polar surface area (TPSA) is 568 Å². The van der Waals surface area contributed by atoms with Crippen molar-refractivity contribution in [1.82, 2.24) is 37.2 Å². The molecule has 7 heterocycles. The van der Waals surface area contributed by atoms with Gasteiger partial charge < -0.3 is 133 Å². The Hall–Kier alpha value is -9.94. The van der Waals surface area contributed by atoms with Crippen molar-refractivity contribution in [3.05, 3.63) is 117 Å². The number of amides is 7. The van der Waals surface area contributed by atoms with Gasteiger partial charge in [-0.15, -0.1) is 0 Å². The number of fused-ring (bicyclic) bond motifs is 15. The number of nitrogens with two attached hydrogens (primary N) is 2. The van der Waals surface area contributed by atoms with E-state index >= 15 is 19.2 Å². The normalized spacial score (nSPS) is 31.1. The third-order valence-electron chi connectivity index (χ3n) is 17.2. The number of alkyl halides is 3. The molecule has 7 aliphatic rings. The summed E-state index contributed by atoms with van der Waals surface area (Å²) in [7, 11) is 0. The predicted octanol–water partition coefficient (Wildman–Crippen LogP) is 0.740. The first kappa shape index (κ1) is 66.3. The lowest BCUT2D eigenvalue weighted by atomic mass is 9.86. The van der Waals surface area contributed by atoms with Gasteiger partial charge in [0.05, 0.1) is 42.7 Å². The number of likely N-dealkylation sites (N-methyl/N-ethyl adjacent to an activating group) is 1. The number of benzene rings is 5. The number of nitrogens with one attached hydrogen (secondary N) is 7. The van der Waals surface area contributed by atoms with E-state index in [1.807, 2.05) is 5.32 Å². The summed E-state index contributed by atoms with van der Waals surface area (Å²) < 4.78 is 169. The Bertz CT molecular complexity index is 4840. The highest BCUT2D eigenvalue weighted by molar-refractivity contribution is 6.32. The van der Waals surface area contributed by atoms with Crippen molar-refractivity contribution in [2.24, 2.45) is 17.4 Å². The van der Waals surface area contributed by atoms with E-state index in [-0.39, 0.29) is 12.0 Å². The number of carbonyl (C=O) groups excluding carboxylic acids is 7. The van der Waals surface area contributed by atoms with Crippen molar-refractivity contribution in [2.45, 2.75) is 162 Å². The number of aliphatic hydroxyl groups excluding tert-OH is 6. The monoisotopic (exact) mass is 1570 g/mol. The van der Waals surface area contributed by atoms with E-state index in [0.29, 0.717) is 6.07 Å². The average molecular weight is 1580 g/mol. The zero-order valence-electron chi connectivity index (χ0n) is 67.5. The quantitative estimate of drug-likeness (QED) is 0.0773. The summed E-state index contributed by atoms with van der Waals surface area (Å²) in [5.41, 5.74) is 6.70. The van der Waals surface area contributed by atoms with Gasteiger partial charge in [-0.3, -0.25) is 33.6 Å². The Balaban J connectivity index is 0.00000224. The minimum Gasteiger partial charge on any atom is -0.508 e. The number of ether oxygens (including phenoxy) is 6. The molecule has 40 heteroatoms. The summed E-state index contributed by atoms with van der Waals surface area (Å²) in [6, 6.07) is -7.97. The molecule has 7 aliphatic heterocycles. The third kappa shape index (κ3) is 18.3. The van der Waals surface area contributed by atoms with Gasteiger partial charge in [-0.1, -0.05) is 55.1 Å². The van der Waals surface area contributed by atoms with Crippen LogP contribution in [0.3, 0.4) is 0 Å². The van der Waals surface area contributed by atoms with Gasteiger partial charge in [-0.2, -0.15) is 13.2 Å². The smallest absolute Gasteiger partial charge is 0.490 e. The largest absolute Gasteiger partial charge is 0.508 e. The zero-order chi connectivity index (χ0) is 89.8. The molecule has 22 N–H and O–H groups in total. The molecule has 108 heavy (non-hydrogen) atoms. The van der Waals surface area contributed by atoms with Crippen LogP contribution in [0.2, 0.25) is 10.0 Å². The molecule has 0 radical (unpaired) electrons. The molecule has 2 saturated heterocycles. The number of aliphatic carboxylic acids is 2. The maximum Gasteiger partial charge on any atom is 0.490 e. The van der Waals surface area contributed by atoms with Gasteiger partial charge in [0.1, 0.15) is 89.5 Å². The third-order valence-corrected chi connectivity index (χ3v) is 17.8. The van der Waals surface area contributed by atoms with Crippen LogP contribution in [0.15, 0.2) is 78.9 Å². The maximum atomic E-state index is 16.1. The van der Waals surface area contributed by atoms with Gasteiger partial charge in [0.25, 0.3) is 0 Å². The number of hydrogen-bond acceptors (Lipinski definition) is 26. The number of carboxylic acids is 2. The molecule has 584 valence electrons. The average Bonchev–Trinajstić information content (AvgIpc) is 0.710. The lowest BCUT2D eigenvalue weighted by Gasteiger charge is -2.47. The van der Waals surface area contributed by atoms with E-state index in [1.165, 1.54) is 19.2 Å². The van der Waals surface area contributed by atoms with Crippen LogP contribution >= 0.6 is 23.2 Å². The van der Waals surface area contributed by atoms with E-state index in [1.54, 1.807) is 5.32 Å². The van der Waals surface area contributed by atoms with Crippen LogP contribution in [0.5, 0.6) is 46.0 Å². The summed E-state index contributed by atoms with van der Waals surface area (Å²) in [5, 5.41) is 135. The Kier molecular flexibility index (Phi) is 20.4. The van der Waals surface area contributed by atoms with Gasteiger partial charge >= 0.3 is 18.1 Å². The van der Waals surface area contributed by atoms with Crippen LogP contribution in [-0.2, 0) is 57.4 Å². The number of primary amides is 1. The molecule has 0 spiro atoms. The molecule has 0 aliphatic carbocycles. The summed E-state index contributed by atoms with van der Waals surface area (Å²) >= 11 is 14.0. The highest BCUT2D eigenvalue weighted by Gasteiger charge is 2.52. The van der Waals surface area contributed by atoms with Crippen LogP contribution in [0.1, 0.15) is 121 Å². The molecule has 5 aromatic rings. The van der Waals surface area contributed by atoms with Gasteiger partial charge in [0.15, 0.2) is 29.9 Å². The summed E-state index contributed by atoms with van der Waals surface area (Å²) in [4.78, 5) is 128. The lowest BCUT2D eigenvalue weighted by Crippen LogP contribution is -2.64. The van der Waals surface area contributed by atoms with Crippen molar-refractivity contribution >= 4 is 76.5 Å². The van der Waals surface area contributed by atoms with Crippen LogP contribution in [0, 0.1) is 5.89 Å². The number of phenolic OH excluding ortho intramolecular Hbond substituents is 3. The van der Waals surface area contributed by atoms with Crippen molar-refractivity contribution in [2.75, 3.05) is 13.6 Å². The minimum absolute atomic E-state index is 0.333. The van der Waals surface area contributed by atoms with Crippen LogP contribution in [0.25, 0.3) is 11.1 Å². The molecule has 5 aromatic carbocycles. The van der Waals surface area contributed by atoms with E-state index < -0.39 is 304 Å². The van der Waals surface area contributed by atoms with E-state index in [2.05, 4.69) is 21.3 Å². The fourth-order valence-electron chi connectivity index (χ4n) is 11.9. The molecule has 0 saturated carbocycles. The number of aliphatic hydroxyl groups is 6. The van der Waals surface area contributed by atoms with Crippen molar-refractivity contribution in [3.63, 3.8) is 0 Å².